The van der Waals surface area contributed by atoms with E-state index in [0.717, 1.165) is 11.0 Å². The van der Waals surface area contributed by atoms with Crippen molar-refractivity contribution >= 4 is 31.5 Å². The van der Waals surface area contributed by atoms with Crippen molar-refractivity contribution in [2.24, 2.45) is 16.6 Å². The molecular formula is C18H20BN3OS. The van der Waals surface area contributed by atoms with E-state index < -0.39 is 5.54 Å². The van der Waals surface area contributed by atoms with Gasteiger partial charge in [0.1, 0.15) is 7.85 Å². The molecule has 1 aromatic carbocycles. The third-order valence-electron chi connectivity index (χ3n) is 4.71. The second-order valence-electron chi connectivity index (χ2n) is 6.37. The summed E-state index contributed by atoms with van der Waals surface area (Å²) in [6.45, 7) is 2.01. The van der Waals surface area contributed by atoms with Gasteiger partial charge in [-0.05, 0) is 24.3 Å². The maximum absolute atomic E-state index is 13.0. The molecular weight excluding hydrogens is 317 g/mol. The first-order chi connectivity index (χ1) is 11.4. The van der Waals surface area contributed by atoms with Crippen molar-refractivity contribution in [1.29, 1.82) is 0 Å². The summed E-state index contributed by atoms with van der Waals surface area (Å²) in [5.74, 6) is -0.0132. The maximum Gasteiger partial charge on any atom is 0.234 e. The Morgan fingerprint density at radius 1 is 1.38 bits per heavy atom. The smallest absolute Gasteiger partial charge is 0.234 e. The zero-order valence-corrected chi connectivity index (χ0v) is 14.7. The fourth-order valence-electron chi connectivity index (χ4n) is 3.17. The molecule has 0 spiro atoms. The number of allylic oxidation sites excluding steroid dienone is 2. The van der Waals surface area contributed by atoms with Gasteiger partial charge in [-0.15, -0.1) is 11.8 Å². The highest BCUT2D eigenvalue weighted by Gasteiger charge is 2.49. The molecule has 0 aliphatic carbocycles. The lowest BCUT2D eigenvalue weighted by Crippen LogP contribution is -2.59. The molecule has 0 fully saturated rings. The molecule has 24 heavy (non-hydrogen) atoms. The molecule has 2 aliphatic heterocycles. The van der Waals surface area contributed by atoms with Crippen LogP contribution in [0.3, 0.4) is 0 Å². The zero-order valence-electron chi connectivity index (χ0n) is 13.8. The van der Waals surface area contributed by atoms with E-state index in [2.05, 4.69) is 0 Å². The molecule has 0 aromatic heterocycles. The largest absolute Gasteiger partial charge is 0.369 e. The number of thioether (sulfide) groups is 1. The molecule has 0 saturated heterocycles. The SMILES string of the molecule is [B]C1=CSC([C@@]2(C)N=C(N)N(C)C(=O)[C@@H]2Cc2ccccc2)C=C1. The van der Waals surface area contributed by atoms with E-state index in [1.165, 1.54) is 4.90 Å². The summed E-state index contributed by atoms with van der Waals surface area (Å²) < 4.78 is 0. The molecule has 3 atom stereocenters. The Kier molecular flexibility index (Phi) is 4.59. The molecule has 0 bridgehead atoms. The third-order valence-corrected chi connectivity index (χ3v) is 6.04. The van der Waals surface area contributed by atoms with Crippen LogP contribution in [0.5, 0.6) is 0 Å². The van der Waals surface area contributed by atoms with Gasteiger partial charge in [-0.1, -0.05) is 48.0 Å². The van der Waals surface area contributed by atoms with Crippen molar-refractivity contribution in [2.45, 2.75) is 24.1 Å². The minimum Gasteiger partial charge on any atom is -0.369 e. The summed E-state index contributed by atoms with van der Waals surface area (Å²) in [5.41, 5.74) is 7.23. The molecule has 2 N–H and O–H groups in total. The zero-order chi connectivity index (χ0) is 17.3. The van der Waals surface area contributed by atoms with Crippen LogP contribution in [0.25, 0.3) is 0 Å². The van der Waals surface area contributed by atoms with Crippen molar-refractivity contribution in [3.8, 4) is 0 Å². The lowest BCUT2D eigenvalue weighted by Gasteiger charge is -2.44. The van der Waals surface area contributed by atoms with Gasteiger partial charge in [0.15, 0.2) is 5.96 Å². The second kappa shape index (κ2) is 6.51. The number of nitrogens with zero attached hydrogens (tertiary/aromatic N) is 2. The van der Waals surface area contributed by atoms with Gasteiger partial charge in [-0.2, -0.15) is 0 Å². The van der Waals surface area contributed by atoms with Crippen LogP contribution in [0, 0.1) is 5.92 Å². The first kappa shape index (κ1) is 16.9. The van der Waals surface area contributed by atoms with Crippen LogP contribution in [-0.2, 0) is 11.2 Å². The summed E-state index contributed by atoms with van der Waals surface area (Å²) in [6, 6.07) is 10.0. The quantitative estimate of drug-likeness (QED) is 0.859. The Morgan fingerprint density at radius 3 is 2.71 bits per heavy atom. The fraction of sp³-hybridized carbons (Fsp3) is 0.333. The fourth-order valence-corrected chi connectivity index (χ4v) is 4.21. The number of nitrogens with two attached hydrogens (primary N) is 1. The molecule has 1 aromatic rings. The predicted octanol–water partition coefficient (Wildman–Crippen LogP) is 2.07. The van der Waals surface area contributed by atoms with E-state index >= 15 is 0 Å². The average molecular weight is 337 g/mol. The van der Waals surface area contributed by atoms with E-state index in [4.69, 9.17) is 18.6 Å². The second-order valence-corrected chi connectivity index (χ2v) is 7.38. The number of amides is 1. The molecule has 2 radical (unpaired) electrons. The number of hydrogen-bond donors (Lipinski definition) is 1. The molecule has 6 heteroatoms. The first-order valence-corrected chi connectivity index (χ1v) is 8.82. The molecule has 3 rings (SSSR count). The number of aliphatic imine (C=N–C) groups is 1. The molecule has 2 aliphatic rings. The number of hydrogen-bond acceptors (Lipinski definition) is 4. The van der Waals surface area contributed by atoms with Gasteiger partial charge in [0, 0.05) is 7.05 Å². The number of carbonyl (C=O) groups excluding carboxylic acids is 1. The summed E-state index contributed by atoms with van der Waals surface area (Å²) in [4.78, 5) is 19.1. The maximum atomic E-state index is 13.0. The standard InChI is InChI=1S/C18H20BN3OS/c1-18(15-9-8-13(19)11-24-15)14(10-12-6-4-3-5-7-12)16(23)22(2)17(20)21-18/h3-9,11,14-15H,10H2,1-2H3,(H2,20,21)/t14-,15?,18-/m0/s1. The van der Waals surface area contributed by atoms with Gasteiger partial charge in [-0.25, -0.2) is 4.99 Å². The molecule has 1 amide bonds. The number of rotatable bonds is 3. The summed E-state index contributed by atoms with van der Waals surface area (Å²) in [6.07, 6.45) is 4.52. The molecule has 0 saturated carbocycles. The Bertz CT molecular complexity index is 731. The van der Waals surface area contributed by atoms with Gasteiger partial charge < -0.3 is 5.73 Å². The van der Waals surface area contributed by atoms with Crippen LogP contribution in [0.2, 0.25) is 0 Å². The van der Waals surface area contributed by atoms with Crippen LogP contribution in [-0.4, -0.2) is 42.4 Å². The van der Waals surface area contributed by atoms with Crippen molar-refractivity contribution in [3.63, 3.8) is 0 Å². The third kappa shape index (κ3) is 3.03. The molecule has 122 valence electrons. The van der Waals surface area contributed by atoms with E-state index in [0.29, 0.717) is 6.42 Å². The topological polar surface area (TPSA) is 58.7 Å². The number of carbonyl (C=O) groups is 1. The Hall–Kier alpha value is -1.95. The van der Waals surface area contributed by atoms with Crippen LogP contribution in [0.4, 0.5) is 0 Å². The van der Waals surface area contributed by atoms with E-state index in [-0.39, 0.29) is 23.0 Å². The minimum atomic E-state index is -0.623. The van der Waals surface area contributed by atoms with Crippen molar-refractivity contribution in [1.82, 2.24) is 4.90 Å². The summed E-state index contributed by atoms with van der Waals surface area (Å²) in [5, 5.41) is 1.92. The number of guanidine groups is 1. The van der Waals surface area contributed by atoms with Crippen LogP contribution in [0.1, 0.15) is 12.5 Å². The predicted molar refractivity (Wildman–Crippen MR) is 101 cm³/mol. The first-order valence-electron chi connectivity index (χ1n) is 7.88. The Morgan fingerprint density at radius 2 is 2.08 bits per heavy atom. The minimum absolute atomic E-state index is 0.00498. The van der Waals surface area contributed by atoms with Crippen molar-refractivity contribution < 1.29 is 4.79 Å². The monoisotopic (exact) mass is 337 g/mol. The average Bonchev–Trinajstić information content (AvgIpc) is 2.58. The highest BCUT2D eigenvalue weighted by atomic mass is 32.2. The Labute approximate surface area is 148 Å². The normalized spacial score (nSPS) is 30.1. The van der Waals surface area contributed by atoms with E-state index in [1.807, 2.05) is 54.8 Å². The van der Waals surface area contributed by atoms with Gasteiger partial charge in [0.25, 0.3) is 0 Å². The molecule has 1 unspecified atom stereocenters. The highest BCUT2D eigenvalue weighted by molar-refractivity contribution is 8.03. The van der Waals surface area contributed by atoms with Crippen LogP contribution < -0.4 is 5.73 Å². The van der Waals surface area contributed by atoms with Gasteiger partial charge >= 0.3 is 0 Å². The molecule has 2 heterocycles. The Balaban J connectivity index is 1.99. The van der Waals surface area contributed by atoms with E-state index in [1.54, 1.807) is 18.8 Å². The lowest BCUT2D eigenvalue weighted by atomic mass is 9.76. The van der Waals surface area contributed by atoms with Gasteiger partial charge in [0.05, 0.1) is 16.7 Å². The van der Waals surface area contributed by atoms with Crippen molar-refractivity contribution in [3.05, 3.63) is 58.9 Å². The van der Waals surface area contributed by atoms with E-state index in [9.17, 15) is 4.79 Å². The lowest BCUT2D eigenvalue weighted by molar-refractivity contribution is -0.133. The molecule has 4 nitrogen and oxygen atoms in total. The van der Waals surface area contributed by atoms with Gasteiger partial charge in [0.2, 0.25) is 5.91 Å². The highest BCUT2D eigenvalue weighted by Crippen LogP contribution is 2.41. The van der Waals surface area contributed by atoms with Gasteiger partial charge in [-0.3, -0.25) is 9.69 Å². The van der Waals surface area contributed by atoms with Crippen LogP contribution >= 0.6 is 11.8 Å². The number of benzene rings is 1. The van der Waals surface area contributed by atoms with Crippen molar-refractivity contribution in [2.75, 3.05) is 7.05 Å². The summed E-state index contributed by atoms with van der Waals surface area (Å²) in [7, 11) is 7.50. The van der Waals surface area contributed by atoms with Crippen LogP contribution in [0.15, 0.2) is 58.4 Å². The summed E-state index contributed by atoms with van der Waals surface area (Å²) >= 11 is 1.59.